The van der Waals surface area contributed by atoms with Crippen LogP contribution in [0, 0.1) is 0 Å². The van der Waals surface area contributed by atoms with Crippen LogP contribution in [0.25, 0.3) is 0 Å². The number of aliphatic hydroxyl groups excluding tert-OH is 2. The van der Waals surface area contributed by atoms with Crippen LogP contribution in [0.4, 0.5) is 0 Å². The molecule has 0 aliphatic carbocycles. The van der Waals surface area contributed by atoms with E-state index in [0.29, 0.717) is 0 Å². The number of aliphatic imine (C=N–C) groups is 1. The zero-order chi connectivity index (χ0) is 25.7. The van der Waals surface area contributed by atoms with Gasteiger partial charge in [0.2, 0.25) is 17.7 Å². The van der Waals surface area contributed by atoms with Crippen LogP contribution in [0.3, 0.4) is 0 Å². The summed E-state index contributed by atoms with van der Waals surface area (Å²) in [6.07, 6.45) is -2.32. The maximum atomic E-state index is 12.6. The summed E-state index contributed by atoms with van der Waals surface area (Å²) in [5.41, 5.74) is 15.8. The molecule has 16 heteroatoms. The summed E-state index contributed by atoms with van der Waals surface area (Å²) >= 11 is 0. The molecule has 16 nitrogen and oxygen atoms in total. The van der Waals surface area contributed by atoms with Gasteiger partial charge in [0.05, 0.1) is 19.1 Å². The van der Waals surface area contributed by atoms with Crippen LogP contribution in [0.1, 0.15) is 26.2 Å². The van der Waals surface area contributed by atoms with Crippen LogP contribution in [0.15, 0.2) is 4.99 Å². The number of carboxylic acid groups (broad SMARTS) is 2. The lowest BCUT2D eigenvalue weighted by Gasteiger charge is -2.26. The molecule has 0 aromatic carbocycles. The van der Waals surface area contributed by atoms with Gasteiger partial charge in [0.1, 0.15) is 24.2 Å². The van der Waals surface area contributed by atoms with E-state index in [1.807, 2.05) is 5.32 Å². The third-order valence-corrected chi connectivity index (χ3v) is 4.17. The Labute approximate surface area is 188 Å². The summed E-state index contributed by atoms with van der Waals surface area (Å²) in [4.78, 5) is 62.9. The zero-order valence-electron chi connectivity index (χ0n) is 17.9. The van der Waals surface area contributed by atoms with Crippen molar-refractivity contribution in [3.63, 3.8) is 0 Å². The second kappa shape index (κ2) is 14.5. The average Bonchev–Trinajstić information content (AvgIpc) is 2.71. The van der Waals surface area contributed by atoms with Gasteiger partial charge in [-0.05, 0) is 19.8 Å². The monoisotopic (exact) mass is 477 g/mol. The molecule has 0 radical (unpaired) electrons. The fourth-order valence-electron chi connectivity index (χ4n) is 2.43. The van der Waals surface area contributed by atoms with Gasteiger partial charge >= 0.3 is 11.9 Å². The molecular formula is C17H31N7O9. The molecule has 0 spiro atoms. The number of aliphatic hydroxyl groups is 2. The van der Waals surface area contributed by atoms with E-state index in [1.54, 1.807) is 0 Å². The fourth-order valence-corrected chi connectivity index (χ4v) is 2.43. The number of carbonyl (C=O) groups excluding carboxylic acids is 3. The molecular weight excluding hydrogens is 446 g/mol. The van der Waals surface area contributed by atoms with Crippen LogP contribution >= 0.6 is 0 Å². The van der Waals surface area contributed by atoms with Gasteiger partial charge in [-0.3, -0.25) is 24.2 Å². The minimum Gasteiger partial charge on any atom is -0.481 e. The SMILES string of the molecule is CC(O)C(NC(=O)C(N)CO)C(=O)NC(CCCN=C(N)N)C(=O)NC(CC(=O)O)C(=O)O. The van der Waals surface area contributed by atoms with Gasteiger partial charge in [0.15, 0.2) is 5.96 Å². The van der Waals surface area contributed by atoms with Crippen LogP contribution in [-0.4, -0.2) is 99.5 Å². The van der Waals surface area contributed by atoms with E-state index < -0.39 is 73.0 Å². The highest BCUT2D eigenvalue weighted by Crippen LogP contribution is 2.04. The Kier molecular flexibility index (Phi) is 13.0. The van der Waals surface area contributed by atoms with Crippen molar-refractivity contribution >= 4 is 35.6 Å². The molecule has 0 aliphatic rings. The number of carboxylic acids is 2. The van der Waals surface area contributed by atoms with E-state index in [2.05, 4.69) is 15.6 Å². The van der Waals surface area contributed by atoms with Crippen molar-refractivity contribution in [3.05, 3.63) is 0 Å². The molecule has 5 unspecified atom stereocenters. The molecule has 13 N–H and O–H groups in total. The predicted octanol–water partition coefficient (Wildman–Crippen LogP) is -5.25. The summed E-state index contributed by atoms with van der Waals surface area (Å²) in [5, 5.41) is 43.2. The number of nitrogens with zero attached hydrogens (tertiary/aromatic N) is 1. The van der Waals surface area contributed by atoms with Crippen molar-refractivity contribution in [2.24, 2.45) is 22.2 Å². The highest BCUT2D eigenvalue weighted by molar-refractivity contribution is 5.94. The molecule has 5 atom stereocenters. The molecule has 0 rings (SSSR count). The van der Waals surface area contributed by atoms with Crippen LogP contribution < -0.4 is 33.2 Å². The minimum atomic E-state index is -1.78. The van der Waals surface area contributed by atoms with Gasteiger partial charge in [-0.2, -0.15) is 0 Å². The minimum absolute atomic E-state index is 0.0569. The van der Waals surface area contributed by atoms with E-state index in [-0.39, 0.29) is 25.3 Å². The van der Waals surface area contributed by atoms with E-state index in [0.717, 1.165) is 0 Å². The molecule has 0 aliphatic heterocycles. The zero-order valence-corrected chi connectivity index (χ0v) is 17.9. The second-order valence-electron chi connectivity index (χ2n) is 7.02. The molecule has 3 amide bonds. The molecule has 188 valence electrons. The first-order valence-corrected chi connectivity index (χ1v) is 9.75. The highest BCUT2D eigenvalue weighted by Gasteiger charge is 2.32. The molecule has 0 heterocycles. The van der Waals surface area contributed by atoms with Gasteiger partial charge in [0, 0.05) is 6.54 Å². The Morgan fingerprint density at radius 3 is 1.97 bits per heavy atom. The van der Waals surface area contributed by atoms with E-state index in [9.17, 15) is 29.1 Å². The number of carbonyl (C=O) groups is 5. The standard InChI is InChI=1S/C17H31N7O9/c1-7(26)12(24-13(29)8(18)6-25)15(31)22-9(3-2-4-21-17(19)20)14(30)23-10(16(32)33)5-11(27)28/h7-10,12,25-26H,2-6,18H2,1H3,(H,22,31)(H,23,30)(H,24,29)(H,27,28)(H,32,33)(H4,19,20,21). The van der Waals surface area contributed by atoms with Crippen LogP contribution in [0.5, 0.6) is 0 Å². The third kappa shape index (κ3) is 11.6. The van der Waals surface area contributed by atoms with E-state index in [4.69, 9.17) is 32.5 Å². The van der Waals surface area contributed by atoms with Crippen LogP contribution in [0.2, 0.25) is 0 Å². The number of nitrogens with one attached hydrogen (secondary N) is 3. The molecule has 0 saturated heterocycles. The Hall–Kier alpha value is -3.50. The van der Waals surface area contributed by atoms with E-state index >= 15 is 0 Å². The van der Waals surface area contributed by atoms with Crippen molar-refractivity contribution < 1.29 is 44.4 Å². The highest BCUT2D eigenvalue weighted by atomic mass is 16.4. The summed E-state index contributed by atoms with van der Waals surface area (Å²) < 4.78 is 0. The molecule has 0 fully saturated rings. The van der Waals surface area contributed by atoms with Gasteiger partial charge in [-0.25, -0.2) is 4.79 Å². The molecule has 0 aromatic heterocycles. The lowest BCUT2D eigenvalue weighted by atomic mass is 10.1. The Bertz CT molecular complexity index is 740. The van der Waals surface area contributed by atoms with Crippen molar-refractivity contribution in [2.75, 3.05) is 13.2 Å². The number of nitrogens with two attached hydrogens (primary N) is 3. The number of aliphatic carboxylic acids is 2. The molecule has 0 saturated carbocycles. The molecule has 0 bridgehead atoms. The van der Waals surface area contributed by atoms with Crippen molar-refractivity contribution in [1.82, 2.24) is 16.0 Å². The first-order chi connectivity index (χ1) is 15.3. The fraction of sp³-hybridized carbons (Fsp3) is 0.647. The lowest BCUT2D eigenvalue weighted by Crippen LogP contribution is -2.60. The van der Waals surface area contributed by atoms with Gasteiger partial charge in [-0.1, -0.05) is 0 Å². The average molecular weight is 477 g/mol. The second-order valence-corrected chi connectivity index (χ2v) is 7.02. The third-order valence-electron chi connectivity index (χ3n) is 4.17. The van der Waals surface area contributed by atoms with Crippen molar-refractivity contribution in [2.45, 2.75) is 56.5 Å². The number of hydrogen-bond donors (Lipinski definition) is 10. The lowest BCUT2D eigenvalue weighted by molar-refractivity contribution is -0.147. The Morgan fingerprint density at radius 1 is 0.939 bits per heavy atom. The molecule has 0 aromatic rings. The summed E-state index contributed by atoms with van der Waals surface area (Å²) in [5.74, 6) is -6.29. The first kappa shape index (κ1) is 29.5. The van der Waals surface area contributed by atoms with Gasteiger partial charge in [-0.15, -0.1) is 0 Å². The van der Waals surface area contributed by atoms with E-state index in [1.165, 1.54) is 6.92 Å². The number of hydrogen-bond acceptors (Lipinski definition) is 9. The van der Waals surface area contributed by atoms with Gasteiger partial charge in [0.25, 0.3) is 0 Å². The topological polar surface area (TPSA) is 293 Å². The summed E-state index contributed by atoms with van der Waals surface area (Å²) in [6, 6.07) is -6.11. The molecule has 33 heavy (non-hydrogen) atoms. The maximum Gasteiger partial charge on any atom is 0.326 e. The maximum absolute atomic E-state index is 12.6. The van der Waals surface area contributed by atoms with Crippen molar-refractivity contribution in [3.8, 4) is 0 Å². The van der Waals surface area contributed by atoms with Crippen LogP contribution in [-0.2, 0) is 24.0 Å². The predicted molar refractivity (Wildman–Crippen MR) is 112 cm³/mol. The Morgan fingerprint density at radius 2 is 1.52 bits per heavy atom. The summed E-state index contributed by atoms with van der Waals surface area (Å²) in [7, 11) is 0. The number of amides is 3. The number of guanidine groups is 1. The van der Waals surface area contributed by atoms with Crippen molar-refractivity contribution in [1.29, 1.82) is 0 Å². The smallest absolute Gasteiger partial charge is 0.326 e. The Balaban J connectivity index is 5.55. The number of rotatable bonds is 15. The summed E-state index contributed by atoms with van der Waals surface area (Å²) in [6.45, 7) is 0.507. The largest absolute Gasteiger partial charge is 0.481 e. The first-order valence-electron chi connectivity index (χ1n) is 9.75. The quantitative estimate of drug-likeness (QED) is 0.0601. The normalized spacial score (nSPS) is 15.2. The van der Waals surface area contributed by atoms with Gasteiger partial charge < -0.3 is 53.6 Å².